The van der Waals surface area contributed by atoms with Crippen LogP contribution in [0.1, 0.15) is 22.7 Å². The Labute approximate surface area is 118 Å². The van der Waals surface area contributed by atoms with Crippen LogP contribution in [-0.2, 0) is 6.18 Å². The number of hydrogen-bond acceptors (Lipinski definition) is 1. The van der Waals surface area contributed by atoms with Crippen molar-refractivity contribution in [2.45, 2.75) is 12.2 Å². The Balaban J connectivity index is 2.45. The molecule has 0 spiro atoms. The van der Waals surface area contributed by atoms with Crippen LogP contribution in [0.5, 0.6) is 0 Å². The molecule has 112 valence electrons. The molecule has 0 radical (unpaired) electrons. The van der Waals surface area contributed by atoms with Gasteiger partial charge in [0, 0.05) is 5.56 Å². The van der Waals surface area contributed by atoms with Gasteiger partial charge in [0.25, 0.3) is 0 Å². The van der Waals surface area contributed by atoms with Crippen LogP contribution in [0.4, 0.5) is 22.0 Å². The molecule has 0 fully saturated rings. The molecule has 1 nitrogen and oxygen atoms in total. The summed E-state index contributed by atoms with van der Waals surface area (Å²) < 4.78 is 65.0. The SMILES string of the molecule is CNC(c1ccc(C(F)(F)F)c(F)c1)c1ccccc1F. The second kappa shape index (κ2) is 5.81. The molecule has 0 saturated heterocycles. The van der Waals surface area contributed by atoms with Gasteiger partial charge in [-0.05, 0) is 30.8 Å². The van der Waals surface area contributed by atoms with E-state index in [2.05, 4.69) is 5.32 Å². The summed E-state index contributed by atoms with van der Waals surface area (Å²) in [5, 5.41) is 2.77. The molecule has 1 N–H and O–H groups in total. The zero-order valence-electron chi connectivity index (χ0n) is 11.0. The van der Waals surface area contributed by atoms with Gasteiger partial charge in [0.05, 0.1) is 11.6 Å². The van der Waals surface area contributed by atoms with Crippen LogP contribution in [0.15, 0.2) is 42.5 Å². The van der Waals surface area contributed by atoms with Gasteiger partial charge in [0.1, 0.15) is 11.6 Å². The lowest BCUT2D eigenvalue weighted by molar-refractivity contribution is -0.140. The Kier molecular flexibility index (Phi) is 4.27. The Bertz CT molecular complexity index is 636. The van der Waals surface area contributed by atoms with Crippen molar-refractivity contribution in [1.82, 2.24) is 5.32 Å². The maximum Gasteiger partial charge on any atom is 0.419 e. The minimum absolute atomic E-state index is 0.216. The molecule has 2 aromatic carbocycles. The number of nitrogens with one attached hydrogen (secondary N) is 1. The first-order valence-electron chi connectivity index (χ1n) is 6.13. The summed E-state index contributed by atoms with van der Waals surface area (Å²) >= 11 is 0. The van der Waals surface area contributed by atoms with Crippen LogP contribution in [0.25, 0.3) is 0 Å². The van der Waals surface area contributed by atoms with Crippen molar-refractivity contribution in [2.75, 3.05) is 7.05 Å². The highest BCUT2D eigenvalue weighted by Crippen LogP contribution is 2.33. The van der Waals surface area contributed by atoms with Crippen molar-refractivity contribution in [3.63, 3.8) is 0 Å². The van der Waals surface area contributed by atoms with Crippen LogP contribution in [0, 0.1) is 11.6 Å². The minimum atomic E-state index is -4.75. The molecule has 2 rings (SSSR count). The molecule has 0 saturated carbocycles. The molecule has 0 aromatic heterocycles. The zero-order valence-corrected chi connectivity index (χ0v) is 11.0. The second-order valence-corrected chi connectivity index (χ2v) is 4.48. The van der Waals surface area contributed by atoms with E-state index in [0.717, 1.165) is 12.1 Å². The average Bonchev–Trinajstić information content (AvgIpc) is 2.40. The topological polar surface area (TPSA) is 12.0 Å². The molecule has 21 heavy (non-hydrogen) atoms. The maximum absolute atomic E-state index is 13.8. The monoisotopic (exact) mass is 301 g/mol. The van der Waals surface area contributed by atoms with Crippen molar-refractivity contribution in [2.24, 2.45) is 0 Å². The Hall–Kier alpha value is -1.95. The highest BCUT2D eigenvalue weighted by molar-refractivity contribution is 5.35. The van der Waals surface area contributed by atoms with E-state index >= 15 is 0 Å². The Morgan fingerprint density at radius 2 is 1.62 bits per heavy atom. The van der Waals surface area contributed by atoms with Gasteiger partial charge in [-0.2, -0.15) is 13.2 Å². The van der Waals surface area contributed by atoms with E-state index in [0.29, 0.717) is 6.07 Å². The van der Waals surface area contributed by atoms with E-state index in [1.54, 1.807) is 6.07 Å². The van der Waals surface area contributed by atoms with E-state index < -0.39 is 29.4 Å². The third-order valence-corrected chi connectivity index (χ3v) is 3.14. The van der Waals surface area contributed by atoms with Gasteiger partial charge in [-0.1, -0.05) is 24.3 Å². The fourth-order valence-electron chi connectivity index (χ4n) is 2.15. The second-order valence-electron chi connectivity index (χ2n) is 4.48. The van der Waals surface area contributed by atoms with Gasteiger partial charge < -0.3 is 5.32 Å². The predicted octanol–water partition coefficient (Wildman–Crippen LogP) is 4.29. The van der Waals surface area contributed by atoms with Gasteiger partial charge >= 0.3 is 6.18 Å². The lowest BCUT2D eigenvalue weighted by atomic mass is 9.97. The molecule has 0 bridgehead atoms. The largest absolute Gasteiger partial charge is 0.419 e. The first-order chi connectivity index (χ1) is 9.84. The predicted molar refractivity (Wildman–Crippen MR) is 68.7 cm³/mol. The Morgan fingerprint density at radius 3 is 2.14 bits per heavy atom. The average molecular weight is 301 g/mol. The summed E-state index contributed by atoms with van der Waals surface area (Å²) in [5.74, 6) is -1.89. The molecule has 0 aliphatic heterocycles. The number of benzene rings is 2. The molecule has 0 aliphatic rings. The van der Waals surface area contributed by atoms with Gasteiger partial charge in [0.2, 0.25) is 0 Å². The Morgan fingerprint density at radius 1 is 0.952 bits per heavy atom. The minimum Gasteiger partial charge on any atom is -0.309 e. The van der Waals surface area contributed by atoms with Gasteiger partial charge in [-0.15, -0.1) is 0 Å². The van der Waals surface area contributed by atoms with E-state index in [4.69, 9.17) is 0 Å². The fraction of sp³-hybridized carbons (Fsp3) is 0.200. The van der Waals surface area contributed by atoms with Crippen molar-refractivity contribution in [1.29, 1.82) is 0 Å². The maximum atomic E-state index is 13.8. The normalized spacial score (nSPS) is 13.2. The molecule has 2 aromatic rings. The van der Waals surface area contributed by atoms with Crippen LogP contribution < -0.4 is 5.32 Å². The van der Waals surface area contributed by atoms with Crippen LogP contribution in [0.2, 0.25) is 0 Å². The first-order valence-corrected chi connectivity index (χ1v) is 6.13. The third-order valence-electron chi connectivity index (χ3n) is 3.14. The van der Waals surface area contributed by atoms with E-state index in [9.17, 15) is 22.0 Å². The lowest BCUT2D eigenvalue weighted by Gasteiger charge is -2.19. The summed E-state index contributed by atoms with van der Waals surface area (Å²) in [4.78, 5) is 0. The van der Waals surface area contributed by atoms with E-state index in [1.807, 2.05) is 0 Å². The van der Waals surface area contributed by atoms with Crippen LogP contribution in [-0.4, -0.2) is 7.05 Å². The molecule has 6 heteroatoms. The molecule has 1 atom stereocenters. The first kappa shape index (κ1) is 15.4. The molecular formula is C15H12F5N. The van der Waals surface area contributed by atoms with E-state index in [1.165, 1.54) is 25.2 Å². The number of rotatable bonds is 3. The van der Waals surface area contributed by atoms with Gasteiger partial charge in [0.15, 0.2) is 0 Å². The number of halogens is 5. The summed E-state index contributed by atoms with van der Waals surface area (Å²) in [7, 11) is 1.52. The summed E-state index contributed by atoms with van der Waals surface area (Å²) in [6, 6.07) is 7.67. The highest BCUT2D eigenvalue weighted by Gasteiger charge is 2.34. The summed E-state index contributed by atoms with van der Waals surface area (Å²) in [5.41, 5.74) is -0.887. The van der Waals surface area contributed by atoms with Gasteiger partial charge in [-0.3, -0.25) is 0 Å². The lowest BCUT2D eigenvalue weighted by Crippen LogP contribution is -2.19. The summed E-state index contributed by atoms with van der Waals surface area (Å²) in [6.07, 6.45) is -4.75. The number of hydrogen-bond donors (Lipinski definition) is 1. The highest BCUT2D eigenvalue weighted by atomic mass is 19.4. The standard InChI is InChI=1S/C15H12F5N/c1-21-14(10-4-2-3-5-12(10)16)9-6-7-11(13(17)8-9)15(18,19)20/h2-8,14,21H,1H3. The van der Waals surface area contributed by atoms with Crippen molar-refractivity contribution in [3.05, 3.63) is 70.8 Å². The number of alkyl halides is 3. The van der Waals surface area contributed by atoms with Crippen molar-refractivity contribution < 1.29 is 22.0 Å². The van der Waals surface area contributed by atoms with Crippen molar-refractivity contribution >= 4 is 0 Å². The quantitative estimate of drug-likeness (QED) is 0.834. The molecule has 0 aliphatic carbocycles. The van der Waals surface area contributed by atoms with Gasteiger partial charge in [-0.25, -0.2) is 8.78 Å². The zero-order chi connectivity index (χ0) is 15.6. The smallest absolute Gasteiger partial charge is 0.309 e. The molecule has 1 unspecified atom stereocenters. The van der Waals surface area contributed by atoms with Crippen LogP contribution in [0.3, 0.4) is 0 Å². The fourth-order valence-corrected chi connectivity index (χ4v) is 2.15. The molecule has 0 heterocycles. The molecular weight excluding hydrogens is 289 g/mol. The third kappa shape index (κ3) is 3.21. The molecule has 0 amide bonds. The van der Waals surface area contributed by atoms with Crippen LogP contribution >= 0.6 is 0 Å². The van der Waals surface area contributed by atoms with Crippen molar-refractivity contribution in [3.8, 4) is 0 Å². The summed E-state index contributed by atoms with van der Waals surface area (Å²) in [6.45, 7) is 0. The van der Waals surface area contributed by atoms with E-state index in [-0.39, 0.29) is 11.1 Å².